The van der Waals surface area contributed by atoms with Crippen molar-refractivity contribution < 1.29 is 19.1 Å². The molecule has 0 saturated carbocycles. The molecule has 1 N–H and O–H groups in total. The fraction of sp³-hybridized carbons (Fsp3) is 0.0400. The molecule has 6 nitrogen and oxygen atoms in total. The van der Waals surface area contributed by atoms with Crippen LogP contribution in [0.25, 0.3) is 6.08 Å². The first-order chi connectivity index (χ1) is 15.9. The zero-order valence-corrected chi connectivity index (χ0v) is 19.1. The molecule has 0 unspecified atom stereocenters. The summed E-state index contributed by atoms with van der Waals surface area (Å²) in [5.41, 5.74) is 1.12. The molecule has 1 heterocycles. The molecule has 0 aliphatic carbocycles. The van der Waals surface area contributed by atoms with Crippen molar-refractivity contribution in [3.63, 3.8) is 0 Å². The highest BCUT2D eigenvalue weighted by Crippen LogP contribution is 2.27. The van der Waals surface area contributed by atoms with Crippen LogP contribution in [0.15, 0.2) is 89.3 Å². The number of para-hydroxylation sites is 1. The SMILES string of the molecule is CC(=O)Sc1ccc(C=C2C(=O)NC(=S)N(c3ccc(Oc4ccccc4)cc3)C2=O)cc1. The first kappa shape index (κ1) is 22.4. The Morgan fingerprint density at radius 3 is 2.21 bits per heavy atom. The number of carbonyl (C=O) groups excluding carboxylic acids is 3. The van der Waals surface area contributed by atoms with Crippen molar-refractivity contribution in [1.29, 1.82) is 0 Å². The summed E-state index contributed by atoms with van der Waals surface area (Å²) in [6, 6.07) is 23.2. The quantitative estimate of drug-likeness (QED) is 0.244. The van der Waals surface area contributed by atoms with Crippen molar-refractivity contribution in [3.8, 4) is 11.5 Å². The van der Waals surface area contributed by atoms with Crippen LogP contribution in [-0.2, 0) is 14.4 Å². The third-order valence-electron chi connectivity index (χ3n) is 4.63. The Kier molecular flexibility index (Phi) is 6.67. The lowest BCUT2D eigenvalue weighted by molar-refractivity contribution is -0.122. The summed E-state index contributed by atoms with van der Waals surface area (Å²) in [7, 11) is 0. The lowest BCUT2D eigenvalue weighted by Gasteiger charge is -2.29. The van der Waals surface area contributed by atoms with Crippen LogP contribution in [0.1, 0.15) is 12.5 Å². The van der Waals surface area contributed by atoms with Gasteiger partial charge >= 0.3 is 0 Å². The first-order valence-corrected chi connectivity index (χ1v) is 11.2. The van der Waals surface area contributed by atoms with Gasteiger partial charge in [0.1, 0.15) is 17.1 Å². The molecule has 4 rings (SSSR count). The van der Waals surface area contributed by atoms with Gasteiger partial charge in [0.25, 0.3) is 11.8 Å². The second kappa shape index (κ2) is 9.81. The number of thioether (sulfide) groups is 1. The van der Waals surface area contributed by atoms with E-state index in [-0.39, 0.29) is 15.8 Å². The second-order valence-corrected chi connectivity index (χ2v) is 8.67. The predicted molar refractivity (Wildman–Crippen MR) is 132 cm³/mol. The molecule has 164 valence electrons. The van der Waals surface area contributed by atoms with Crippen molar-refractivity contribution in [1.82, 2.24) is 5.32 Å². The van der Waals surface area contributed by atoms with Gasteiger partial charge in [-0.05, 0) is 72.4 Å². The zero-order valence-electron chi connectivity index (χ0n) is 17.5. The van der Waals surface area contributed by atoms with Crippen LogP contribution in [0.3, 0.4) is 0 Å². The standard InChI is InChI=1S/C25H18N2O4S2/c1-16(28)33-21-13-7-17(8-14-21)15-22-23(29)26-25(32)27(24(22)30)18-9-11-20(12-10-18)31-19-5-3-2-4-6-19/h2-15H,1H3,(H,26,29,32). The Morgan fingerprint density at radius 2 is 1.58 bits per heavy atom. The van der Waals surface area contributed by atoms with Crippen LogP contribution in [0, 0.1) is 0 Å². The van der Waals surface area contributed by atoms with Gasteiger partial charge in [-0.2, -0.15) is 0 Å². The van der Waals surface area contributed by atoms with Crippen molar-refractivity contribution in [2.45, 2.75) is 11.8 Å². The monoisotopic (exact) mass is 474 g/mol. The highest BCUT2D eigenvalue weighted by atomic mass is 32.2. The maximum Gasteiger partial charge on any atom is 0.270 e. The number of rotatable bonds is 5. The summed E-state index contributed by atoms with van der Waals surface area (Å²) < 4.78 is 5.78. The molecule has 8 heteroatoms. The van der Waals surface area contributed by atoms with E-state index in [0.717, 1.165) is 16.7 Å². The summed E-state index contributed by atoms with van der Waals surface area (Å²) in [4.78, 5) is 38.9. The summed E-state index contributed by atoms with van der Waals surface area (Å²) in [6.07, 6.45) is 1.50. The Balaban J connectivity index is 1.56. The van der Waals surface area contributed by atoms with Crippen LogP contribution in [0.5, 0.6) is 11.5 Å². The van der Waals surface area contributed by atoms with Crippen molar-refractivity contribution >= 4 is 57.8 Å². The number of ether oxygens (including phenoxy) is 1. The van der Waals surface area contributed by atoms with Gasteiger partial charge in [0, 0.05) is 11.8 Å². The van der Waals surface area contributed by atoms with E-state index in [1.54, 1.807) is 48.5 Å². The highest BCUT2D eigenvalue weighted by molar-refractivity contribution is 8.13. The maximum absolute atomic E-state index is 13.2. The molecular formula is C25H18N2O4S2. The van der Waals surface area contributed by atoms with Gasteiger partial charge in [-0.1, -0.05) is 42.1 Å². The number of benzene rings is 3. The molecule has 0 aromatic heterocycles. The smallest absolute Gasteiger partial charge is 0.270 e. The van der Waals surface area contributed by atoms with Gasteiger partial charge in [-0.3, -0.25) is 24.6 Å². The van der Waals surface area contributed by atoms with Crippen LogP contribution >= 0.6 is 24.0 Å². The zero-order chi connectivity index (χ0) is 23.4. The second-order valence-electron chi connectivity index (χ2n) is 7.03. The molecule has 1 fully saturated rings. The van der Waals surface area contributed by atoms with Crippen LogP contribution in [0.2, 0.25) is 0 Å². The third-order valence-corrected chi connectivity index (χ3v) is 5.71. The lowest BCUT2D eigenvalue weighted by atomic mass is 10.1. The number of nitrogens with one attached hydrogen (secondary N) is 1. The molecule has 1 aliphatic rings. The van der Waals surface area contributed by atoms with Gasteiger partial charge in [-0.25, -0.2) is 0 Å². The highest BCUT2D eigenvalue weighted by Gasteiger charge is 2.34. The maximum atomic E-state index is 13.2. The van der Waals surface area contributed by atoms with E-state index >= 15 is 0 Å². The summed E-state index contributed by atoms with van der Waals surface area (Å²) in [5, 5.41) is 2.56. The van der Waals surface area contributed by atoms with Crippen molar-refractivity contribution in [2.24, 2.45) is 0 Å². The van der Waals surface area contributed by atoms with Crippen LogP contribution in [0.4, 0.5) is 5.69 Å². The van der Waals surface area contributed by atoms with Gasteiger partial charge in [0.2, 0.25) is 0 Å². The molecule has 3 aromatic carbocycles. The first-order valence-electron chi connectivity index (χ1n) is 9.93. The molecule has 33 heavy (non-hydrogen) atoms. The van der Waals surface area contributed by atoms with E-state index in [4.69, 9.17) is 17.0 Å². The molecular weight excluding hydrogens is 456 g/mol. The minimum absolute atomic E-state index is 0.00656. The summed E-state index contributed by atoms with van der Waals surface area (Å²) >= 11 is 6.37. The van der Waals surface area contributed by atoms with Gasteiger partial charge in [0.05, 0.1) is 5.69 Å². The number of anilines is 1. The number of amides is 2. The van der Waals surface area contributed by atoms with E-state index < -0.39 is 11.8 Å². The summed E-state index contributed by atoms with van der Waals surface area (Å²) in [6.45, 7) is 1.49. The molecule has 0 radical (unpaired) electrons. The molecule has 3 aromatic rings. The fourth-order valence-corrected chi connectivity index (χ4v) is 4.03. The van der Waals surface area contributed by atoms with Crippen LogP contribution < -0.4 is 15.0 Å². The molecule has 2 amide bonds. The predicted octanol–water partition coefficient (Wildman–Crippen LogP) is 4.95. The Morgan fingerprint density at radius 1 is 0.939 bits per heavy atom. The van der Waals surface area contributed by atoms with E-state index in [0.29, 0.717) is 22.7 Å². The normalized spacial score (nSPS) is 14.9. The lowest BCUT2D eigenvalue weighted by Crippen LogP contribution is -2.54. The topological polar surface area (TPSA) is 75.7 Å². The van der Waals surface area contributed by atoms with E-state index in [1.807, 2.05) is 30.3 Å². The Labute approximate surface area is 200 Å². The van der Waals surface area contributed by atoms with Crippen molar-refractivity contribution in [2.75, 3.05) is 4.90 Å². The van der Waals surface area contributed by atoms with Gasteiger partial charge in [0.15, 0.2) is 10.2 Å². The minimum Gasteiger partial charge on any atom is -0.457 e. The molecule has 0 bridgehead atoms. The van der Waals surface area contributed by atoms with Gasteiger partial charge < -0.3 is 4.74 Å². The number of carbonyl (C=O) groups is 3. The largest absolute Gasteiger partial charge is 0.457 e. The summed E-state index contributed by atoms with van der Waals surface area (Å²) in [5.74, 6) is 0.207. The molecule has 0 atom stereocenters. The van der Waals surface area contributed by atoms with E-state index in [2.05, 4.69) is 5.32 Å². The number of hydrogen-bond acceptors (Lipinski definition) is 6. The van der Waals surface area contributed by atoms with E-state index in [1.165, 1.54) is 17.9 Å². The average molecular weight is 475 g/mol. The Hall–Kier alpha value is -3.75. The van der Waals surface area contributed by atoms with E-state index in [9.17, 15) is 14.4 Å². The molecule has 1 aliphatic heterocycles. The van der Waals surface area contributed by atoms with Gasteiger partial charge in [-0.15, -0.1) is 0 Å². The third kappa shape index (κ3) is 5.36. The van der Waals surface area contributed by atoms with Crippen molar-refractivity contribution in [3.05, 3.63) is 90.0 Å². The van der Waals surface area contributed by atoms with Crippen LogP contribution in [-0.4, -0.2) is 22.0 Å². The minimum atomic E-state index is -0.563. The molecule has 0 spiro atoms. The number of thiocarbonyl (C=S) groups is 1. The number of hydrogen-bond donors (Lipinski definition) is 1. The number of nitrogens with zero attached hydrogens (tertiary/aromatic N) is 1. The fourth-order valence-electron chi connectivity index (χ4n) is 3.14. The average Bonchev–Trinajstić information content (AvgIpc) is 2.79. The Bertz CT molecular complexity index is 1250. The molecule has 1 saturated heterocycles.